The Bertz CT molecular complexity index is 754. The largest absolute Gasteiger partial charge is 0.495 e. The van der Waals surface area contributed by atoms with Gasteiger partial charge in [-0.2, -0.15) is 5.10 Å². The summed E-state index contributed by atoms with van der Waals surface area (Å²) in [5.41, 5.74) is 7.47. The van der Waals surface area contributed by atoms with Crippen LogP contribution in [0.1, 0.15) is 30.1 Å². The van der Waals surface area contributed by atoms with Crippen molar-refractivity contribution in [2.45, 2.75) is 38.5 Å². The number of aryl methyl sites for hydroxylation is 1. The SMILES string of the molecule is COc1cncc([C@@H](NC(=O)Cn2nc(C)cc2N)C2CC(O)C2)c1. The highest BCUT2D eigenvalue weighted by Gasteiger charge is 2.36. The third kappa shape index (κ3) is 3.90. The zero-order valence-electron chi connectivity index (χ0n) is 14.3. The van der Waals surface area contributed by atoms with Gasteiger partial charge >= 0.3 is 0 Å². The van der Waals surface area contributed by atoms with Crippen LogP contribution in [0.15, 0.2) is 24.5 Å². The predicted octanol–water partition coefficient (Wildman–Crippen LogP) is 0.806. The van der Waals surface area contributed by atoms with Gasteiger partial charge < -0.3 is 20.9 Å². The number of methoxy groups -OCH3 is 1. The van der Waals surface area contributed by atoms with Gasteiger partial charge in [0.05, 0.1) is 31.1 Å². The number of hydrogen-bond acceptors (Lipinski definition) is 6. The number of nitrogens with one attached hydrogen (secondary N) is 1. The molecule has 1 atom stereocenters. The molecule has 2 aromatic rings. The van der Waals surface area contributed by atoms with E-state index in [4.69, 9.17) is 10.5 Å². The van der Waals surface area contributed by atoms with Crippen molar-refractivity contribution in [3.05, 3.63) is 35.8 Å². The lowest BCUT2D eigenvalue weighted by molar-refractivity contribution is -0.123. The number of nitrogens with two attached hydrogens (primary N) is 1. The molecule has 0 radical (unpaired) electrons. The minimum atomic E-state index is -0.313. The van der Waals surface area contributed by atoms with Crippen LogP contribution in [0.3, 0.4) is 0 Å². The molecule has 1 aliphatic rings. The molecule has 0 aromatic carbocycles. The van der Waals surface area contributed by atoms with Gasteiger partial charge in [0.1, 0.15) is 18.1 Å². The number of nitrogen functional groups attached to an aromatic ring is 1. The van der Waals surface area contributed by atoms with Crippen molar-refractivity contribution in [1.29, 1.82) is 0 Å². The molecule has 4 N–H and O–H groups in total. The quantitative estimate of drug-likeness (QED) is 0.713. The number of carbonyl (C=O) groups excluding carboxylic acids is 1. The van der Waals surface area contributed by atoms with E-state index >= 15 is 0 Å². The summed E-state index contributed by atoms with van der Waals surface area (Å²) in [6.07, 6.45) is 4.30. The standard InChI is InChI=1S/C17H23N5O3/c1-10-3-15(18)22(21-10)9-16(24)20-17(11-4-13(23)5-11)12-6-14(25-2)8-19-7-12/h3,6-8,11,13,17,23H,4-5,9,18H2,1-2H3,(H,20,24)/t11?,13?,17-/m0/s1. The van der Waals surface area contributed by atoms with Crippen molar-refractivity contribution >= 4 is 11.7 Å². The molecule has 25 heavy (non-hydrogen) atoms. The number of carbonyl (C=O) groups is 1. The summed E-state index contributed by atoms with van der Waals surface area (Å²) in [6, 6.07) is 3.34. The summed E-state index contributed by atoms with van der Waals surface area (Å²) in [5, 5.41) is 16.9. The topological polar surface area (TPSA) is 115 Å². The van der Waals surface area contributed by atoms with Gasteiger partial charge in [-0.25, -0.2) is 4.68 Å². The first-order valence-corrected chi connectivity index (χ1v) is 8.22. The lowest BCUT2D eigenvalue weighted by atomic mass is 9.75. The van der Waals surface area contributed by atoms with Crippen LogP contribution >= 0.6 is 0 Å². The first kappa shape index (κ1) is 17.2. The molecule has 8 heteroatoms. The van der Waals surface area contributed by atoms with Crippen molar-refractivity contribution in [2.24, 2.45) is 5.92 Å². The lowest BCUT2D eigenvalue weighted by Crippen LogP contribution is -2.42. The van der Waals surface area contributed by atoms with Gasteiger partial charge in [0.25, 0.3) is 0 Å². The van der Waals surface area contributed by atoms with Crippen LogP contribution in [0.25, 0.3) is 0 Å². The van der Waals surface area contributed by atoms with Crippen molar-refractivity contribution in [3.8, 4) is 5.75 Å². The maximum Gasteiger partial charge on any atom is 0.242 e. The van der Waals surface area contributed by atoms with Gasteiger partial charge in [0.2, 0.25) is 5.91 Å². The second-order valence-electron chi connectivity index (χ2n) is 6.46. The maximum atomic E-state index is 12.5. The molecule has 3 rings (SSSR count). The van der Waals surface area contributed by atoms with E-state index in [0.717, 1.165) is 11.3 Å². The van der Waals surface area contributed by atoms with Crippen LogP contribution in [0.5, 0.6) is 5.75 Å². The fraction of sp³-hybridized carbons (Fsp3) is 0.471. The summed E-state index contributed by atoms with van der Waals surface area (Å²) in [5.74, 6) is 1.04. The van der Waals surface area contributed by atoms with E-state index in [-0.39, 0.29) is 30.5 Å². The Balaban J connectivity index is 1.75. The molecule has 0 aliphatic heterocycles. The monoisotopic (exact) mass is 345 g/mol. The molecule has 1 amide bonds. The Kier molecular flexibility index (Phi) is 4.89. The highest BCUT2D eigenvalue weighted by molar-refractivity contribution is 5.76. The number of pyridine rings is 1. The van der Waals surface area contributed by atoms with Crippen LogP contribution in [0, 0.1) is 12.8 Å². The Morgan fingerprint density at radius 3 is 2.84 bits per heavy atom. The fourth-order valence-corrected chi connectivity index (χ4v) is 3.14. The first-order chi connectivity index (χ1) is 12.0. The Morgan fingerprint density at radius 1 is 1.48 bits per heavy atom. The number of aliphatic hydroxyl groups is 1. The van der Waals surface area contributed by atoms with E-state index in [1.807, 2.05) is 13.0 Å². The summed E-state index contributed by atoms with van der Waals surface area (Å²) < 4.78 is 6.69. The van der Waals surface area contributed by atoms with Crippen molar-refractivity contribution in [1.82, 2.24) is 20.1 Å². The molecule has 1 saturated carbocycles. The second-order valence-corrected chi connectivity index (χ2v) is 6.46. The second kappa shape index (κ2) is 7.10. The van der Waals surface area contributed by atoms with Crippen LogP contribution in [0.4, 0.5) is 5.82 Å². The summed E-state index contributed by atoms with van der Waals surface area (Å²) in [7, 11) is 1.57. The summed E-state index contributed by atoms with van der Waals surface area (Å²) >= 11 is 0. The van der Waals surface area contributed by atoms with Crippen LogP contribution in [0.2, 0.25) is 0 Å². The fourth-order valence-electron chi connectivity index (χ4n) is 3.14. The van der Waals surface area contributed by atoms with Crippen molar-refractivity contribution in [3.63, 3.8) is 0 Å². The normalized spacial score (nSPS) is 20.6. The smallest absolute Gasteiger partial charge is 0.242 e. The number of nitrogens with zero attached hydrogens (tertiary/aromatic N) is 3. The zero-order chi connectivity index (χ0) is 18.0. The molecule has 1 aliphatic carbocycles. The number of ether oxygens (including phenoxy) is 1. The van der Waals surface area contributed by atoms with Crippen molar-refractivity contribution in [2.75, 3.05) is 12.8 Å². The average molecular weight is 345 g/mol. The predicted molar refractivity (Wildman–Crippen MR) is 91.8 cm³/mol. The summed E-state index contributed by atoms with van der Waals surface area (Å²) in [6.45, 7) is 1.87. The molecule has 8 nitrogen and oxygen atoms in total. The molecule has 0 saturated heterocycles. The average Bonchev–Trinajstić information content (AvgIpc) is 2.87. The number of aromatic nitrogens is 3. The van der Waals surface area contributed by atoms with E-state index in [0.29, 0.717) is 24.4 Å². The Labute approximate surface area is 146 Å². The number of amides is 1. The van der Waals surface area contributed by atoms with E-state index in [1.54, 1.807) is 25.6 Å². The van der Waals surface area contributed by atoms with Crippen LogP contribution in [-0.4, -0.2) is 39.0 Å². The Morgan fingerprint density at radius 2 is 2.24 bits per heavy atom. The first-order valence-electron chi connectivity index (χ1n) is 8.22. The van der Waals surface area contributed by atoms with Crippen molar-refractivity contribution < 1.29 is 14.6 Å². The van der Waals surface area contributed by atoms with Gasteiger partial charge in [0, 0.05) is 12.3 Å². The van der Waals surface area contributed by atoms with E-state index in [9.17, 15) is 9.90 Å². The number of rotatable bonds is 6. The molecule has 0 unspecified atom stereocenters. The molecular weight excluding hydrogens is 322 g/mol. The lowest BCUT2D eigenvalue weighted by Gasteiger charge is -2.38. The highest BCUT2D eigenvalue weighted by Crippen LogP contribution is 2.38. The number of hydrogen-bond donors (Lipinski definition) is 3. The Hall–Kier alpha value is -2.61. The van der Waals surface area contributed by atoms with Crippen LogP contribution in [-0.2, 0) is 11.3 Å². The maximum absolute atomic E-state index is 12.5. The van der Waals surface area contributed by atoms with E-state index in [2.05, 4.69) is 15.4 Å². The molecule has 2 aromatic heterocycles. The molecule has 2 heterocycles. The van der Waals surface area contributed by atoms with Gasteiger partial charge in [-0.1, -0.05) is 0 Å². The minimum Gasteiger partial charge on any atom is -0.495 e. The molecule has 0 spiro atoms. The van der Waals surface area contributed by atoms with Crippen LogP contribution < -0.4 is 15.8 Å². The highest BCUT2D eigenvalue weighted by atomic mass is 16.5. The van der Waals surface area contributed by atoms with Gasteiger partial charge in [-0.05, 0) is 37.3 Å². The minimum absolute atomic E-state index is 0.0445. The third-order valence-corrected chi connectivity index (χ3v) is 4.49. The third-order valence-electron chi connectivity index (χ3n) is 4.49. The molecular formula is C17H23N5O3. The van der Waals surface area contributed by atoms with Gasteiger partial charge in [-0.3, -0.25) is 9.78 Å². The van der Waals surface area contributed by atoms with Gasteiger partial charge in [0.15, 0.2) is 0 Å². The number of anilines is 1. The molecule has 1 fully saturated rings. The van der Waals surface area contributed by atoms with E-state index < -0.39 is 0 Å². The zero-order valence-corrected chi connectivity index (χ0v) is 14.3. The number of aliphatic hydroxyl groups excluding tert-OH is 1. The summed E-state index contributed by atoms with van der Waals surface area (Å²) in [4.78, 5) is 16.7. The van der Waals surface area contributed by atoms with Gasteiger partial charge in [-0.15, -0.1) is 0 Å². The molecule has 134 valence electrons. The van der Waals surface area contributed by atoms with E-state index in [1.165, 1.54) is 4.68 Å². The molecule has 0 bridgehead atoms.